The Morgan fingerprint density at radius 1 is 0.939 bits per heavy atom. The van der Waals surface area contributed by atoms with E-state index in [4.69, 9.17) is 16.4 Å². The van der Waals surface area contributed by atoms with Crippen molar-refractivity contribution in [3.05, 3.63) is 99.3 Å². The van der Waals surface area contributed by atoms with Gasteiger partial charge in [0.25, 0.3) is 11.6 Å². The number of halogens is 2. The van der Waals surface area contributed by atoms with Crippen molar-refractivity contribution < 1.29 is 23.7 Å². The van der Waals surface area contributed by atoms with E-state index in [-0.39, 0.29) is 16.4 Å². The smallest absolute Gasteiger partial charge is 0.273 e. The number of rotatable bonds is 4. The third-order valence-electron chi connectivity index (χ3n) is 5.72. The topological polar surface area (TPSA) is 93.0 Å². The third kappa shape index (κ3) is 3.42. The van der Waals surface area contributed by atoms with E-state index >= 15 is 0 Å². The molecule has 2 heterocycles. The van der Waals surface area contributed by atoms with Gasteiger partial charge in [-0.05, 0) is 48.0 Å². The molecule has 3 aromatic rings. The quantitative estimate of drug-likeness (QED) is 0.320. The molecule has 166 valence electrons. The molecule has 10 heteroatoms. The summed E-state index contributed by atoms with van der Waals surface area (Å²) in [7, 11) is 0. The number of nitro groups is 1. The van der Waals surface area contributed by atoms with Crippen LogP contribution < -0.4 is 9.96 Å². The van der Waals surface area contributed by atoms with Crippen molar-refractivity contribution >= 4 is 40.5 Å². The van der Waals surface area contributed by atoms with Crippen LogP contribution in [0.4, 0.5) is 21.5 Å². The van der Waals surface area contributed by atoms with Crippen molar-refractivity contribution in [1.82, 2.24) is 0 Å². The average Bonchev–Trinajstić information content (AvgIpc) is 3.31. The molecule has 2 saturated heterocycles. The summed E-state index contributed by atoms with van der Waals surface area (Å²) in [4.78, 5) is 44.5. The third-order valence-corrected chi connectivity index (χ3v) is 6.04. The molecular formula is C23H15ClFN3O5. The molecule has 0 saturated carbocycles. The Hall–Kier alpha value is -3.82. The number of anilines is 2. The minimum atomic E-state index is -1.15. The highest BCUT2D eigenvalue weighted by Gasteiger charge is 2.60. The summed E-state index contributed by atoms with van der Waals surface area (Å²) in [5.74, 6) is -2.62. The van der Waals surface area contributed by atoms with Gasteiger partial charge >= 0.3 is 0 Å². The molecule has 2 amide bonds. The van der Waals surface area contributed by atoms with Crippen molar-refractivity contribution in [3.63, 3.8) is 0 Å². The lowest BCUT2D eigenvalue weighted by atomic mass is 9.90. The number of benzene rings is 3. The Balaban J connectivity index is 1.61. The highest BCUT2D eigenvalue weighted by Crippen LogP contribution is 2.48. The van der Waals surface area contributed by atoms with Gasteiger partial charge in [-0.2, -0.15) is 0 Å². The van der Waals surface area contributed by atoms with E-state index in [9.17, 15) is 24.1 Å². The lowest BCUT2D eigenvalue weighted by Gasteiger charge is -2.28. The summed E-state index contributed by atoms with van der Waals surface area (Å²) in [5.41, 5.74) is 0.863. The molecule has 3 aromatic carbocycles. The Labute approximate surface area is 191 Å². The fraction of sp³-hybridized carbons (Fsp3) is 0.130. The molecule has 0 aliphatic carbocycles. The Morgan fingerprint density at radius 2 is 1.64 bits per heavy atom. The first-order valence-electron chi connectivity index (χ1n) is 9.95. The zero-order valence-corrected chi connectivity index (χ0v) is 17.6. The molecule has 0 spiro atoms. The molecule has 0 N–H and O–H groups in total. The summed E-state index contributed by atoms with van der Waals surface area (Å²) in [5, 5.41) is 12.8. The van der Waals surface area contributed by atoms with Crippen LogP contribution in [0.15, 0.2) is 72.8 Å². The van der Waals surface area contributed by atoms with Crippen molar-refractivity contribution in [2.45, 2.75) is 12.1 Å². The zero-order valence-electron chi connectivity index (χ0n) is 16.8. The number of hydroxylamine groups is 1. The predicted octanol–water partition coefficient (Wildman–Crippen LogP) is 4.44. The molecule has 0 aromatic heterocycles. The monoisotopic (exact) mass is 467 g/mol. The van der Waals surface area contributed by atoms with Gasteiger partial charge in [0, 0.05) is 6.07 Å². The summed E-state index contributed by atoms with van der Waals surface area (Å²) in [6.45, 7) is 0. The van der Waals surface area contributed by atoms with Crippen LogP contribution in [0.25, 0.3) is 0 Å². The number of nitro benzene ring substituents is 1. The van der Waals surface area contributed by atoms with Crippen LogP contribution in [0, 0.1) is 21.8 Å². The van der Waals surface area contributed by atoms with Crippen LogP contribution in [-0.2, 0) is 14.4 Å². The minimum absolute atomic E-state index is 0.0489. The highest BCUT2D eigenvalue weighted by atomic mass is 35.5. The van der Waals surface area contributed by atoms with Gasteiger partial charge in [0.15, 0.2) is 6.10 Å². The molecule has 0 radical (unpaired) electrons. The van der Waals surface area contributed by atoms with Gasteiger partial charge in [-0.25, -0.2) is 14.4 Å². The summed E-state index contributed by atoms with van der Waals surface area (Å²) >= 11 is 5.98. The molecule has 3 atom stereocenters. The van der Waals surface area contributed by atoms with E-state index in [2.05, 4.69) is 0 Å². The largest absolute Gasteiger partial charge is 0.288 e. The number of hydrogen-bond acceptors (Lipinski definition) is 6. The average molecular weight is 468 g/mol. The van der Waals surface area contributed by atoms with Crippen molar-refractivity contribution in [2.24, 2.45) is 5.92 Å². The normalized spacial score (nSPS) is 22.1. The number of carbonyl (C=O) groups is 2. The van der Waals surface area contributed by atoms with Gasteiger partial charge < -0.3 is 0 Å². The van der Waals surface area contributed by atoms with Gasteiger partial charge in [0.05, 0.1) is 22.3 Å². The summed E-state index contributed by atoms with van der Waals surface area (Å²) in [6, 6.07) is 17.2. The van der Waals surface area contributed by atoms with Gasteiger partial charge in [-0.1, -0.05) is 35.9 Å². The van der Waals surface area contributed by atoms with Crippen LogP contribution in [-0.4, -0.2) is 22.8 Å². The fourth-order valence-electron chi connectivity index (χ4n) is 4.25. The minimum Gasteiger partial charge on any atom is -0.273 e. The van der Waals surface area contributed by atoms with E-state index in [1.165, 1.54) is 29.3 Å². The van der Waals surface area contributed by atoms with E-state index in [1.54, 1.807) is 36.4 Å². The van der Waals surface area contributed by atoms with E-state index in [1.807, 2.05) is 0 Å². The number of nitrogens with zero attached hydrogens (tertiary/aromatic N) is 3. The summed E-state index contributed by atoms with van der Waals surface area (Å²) < 4.78 is 13.4. The molecule has 2 aliphatic rings. The first kappa shape index (κ1) is 21.0. The number of imide groups is 1. The van der Waals surface area contributed by atoms with E-state index < -0.39 is 40.6 Å². The summed E-state index contributed by atoms with van der Waals surface area (Å²) in [6.07, 6.45) is -1.15. The number of hydrogen-bond donors (Lipinski definition) is 0. The Kier molecular flexibility index (Phi) is 5.07. The van der Waals surface area contributed by atoms with Crippen LogP contribution in [0.5, 0.6) is 0 Å². The van der Waals surface area contributed by atoms with Crippen molar-refractivity contribution in [3.8, 4) is 0 Å². The van der Waals surface area contributed by atoms with Crippen molar-refractivity contribution in [2.75, 3.05) is 9.96 Å². The van der Waals surface area contributed by atoms with Crippen molar-refractivity contribution in [1.29, 1.82) is 0 Å². The predicted molar refractivity (Wildman–Crippen MR) is 117 cm³/mol. The highest BCUT2D eigenvalue weighted by molar-refractivity contribution is 6.32. The van der Waals surface area contributed by atoms with Gasteiger partial charge in [-0.15, -0.1) is 0 Å². The zero-order chi connectivity index (χ0) is 23.3. The molecule has 8 nitrogen and oxygen atoms in total. The number of fused-ring (bicyclic) bond motifs is 1. The van der Waals surface area contributed by atoms with Crippen LogP contribution in [0.1, 0.15) is 11.6 Å². The Bertz CT molecular complexity index is 1270. The van der Waals surface area contributed by atoms with Gasteiger partial charge in [0.1, 0.15) is 16.8 Å². The second-order valence-electron chi connectivity index (χ2n) is 7.61. The maximum Gasteiger partial charge on any atom is 0.288 e. The lowest BCUT2D eigenvalue weighted by Crippen LogP contribution is -2.37. The number of amides is 2. The van der Waals surface area contributed by atoms with Gasteiger partial charge in [-0.3, -0.25) is 24.5 Å². The number of carbonyl (C=O) groups excluding carboxylic acids is 2. The molecular weight excluding hydrogens is 453 g/mol. The maximum absolute atomic E-state index is 13.5. The van der Waals surface area contributed by atoms with Gasteiger partial charge in [0.2, 0.25) is 5.91 Å². The lowest BCUT2D eigenvalue weighted by molar-refractivity contribution is -0.384. The van der Waals surface area contributed by atoms with E-state index in [0.717, 1.165) is 17.0 Å². The SMILES string of the molecule is O=C1[C@H]2[C@@H](ON(c3ccccc3)[C@H]2c2ccc(Cl)c([N+](=O)[O-])c2)C(=O)N1c1ccc(F)cc1. The molecule has 2 fully saturated rings. The second-order valence-corrected chi connectivity index (χ2v) is 8.02. The Morgan fingerprint density at radius 3 is 2.30 bits per heavy atom. The second kappa shape index (κ2) is 7.95. The first-order chi connectivity index (χ1) is 15.9. The van der Waals surface area contributed by atoms with Crippen LogP contribution >= 0.6 is 11.6 Å². The first-order valence-corrected chi connectivity index (χ1v) is 10.3. The molecule has 0 bridgehead atoms. The molecule has 0 unspecified atom stereocenters. The molecule has 33 heavy (non-hydrogen) atoms. The van der Waals surface area contributed by atoms with E-state index in [0.29, 0.717) is 11.3 Å². The number of para-hydroxylation sites is 1. The molecule has 2 aliphatic heterocycles. The standard InChI is InChI=1S/C23H15ClFN3O5/c24-17-11-6-13(12-18(17)28(31)32)20-19-21(33-27(20)16-4-2-1-3-5-16)23(30)26(22(19)29)15-9-7-14(25)8-10-15/h1-12,19-21H/t19-,20+,21-/m1/s1. The fourth-order valence-corrected chi connectivity index (χ4v) is 4.44. The van der Waals surface area contributed by atoms with Crippen LogP contribution in [0.3, 0.4) is 0 Å². The molecule has 5 rings (SSSR count). The maximum atomic E-state index is 13.5. The van der Waals surface area contributed by atoms with Crippen LogP contribution in [0.2, 0.25) is 5.02 Å².